The Balaban J connectivity index is 1.72. The smallest absolute Gasteiger partial charge is 0.359 e. The molecule has 1 amide bonds. The molecule has 1 aliphatic heterocycles. The number of nitrogens with one attached hydrogen (secondary N) is 1. The number of alkyl halides is 3. The van der Waals surface area contributed by atoms with Crippen molar-refractivity contribution in [2.75, 3.05) is 16.8 Å². The second-order valence-corrected chi connectivity index (χ2v) is 7.75. The van der Waals surface area contributed by atoms with Crippen molar-refractivity contribution in [1.29, 1.82) is 0 Å². The van der Waals surface area contributed by atoms with Crippen LogP contribution < -0.4 is 10.2 Å². The van der Waals surface area contributed by atoms with Gasteiger partial charge in [-0.1, -0.05) is 37.5 Å². The quantitative estimate of drug-likeness (QED) is 0.830. The van der Waals surface area contributed by atoms with E-state index in [2.05, 4.69) is 15.5 Å². The summed E-state index contributed by atoms with van der Waals surface area (Å²) in [5, 5.41) is 6.33. The fraction of sp³-hybridized carbons (Fsp3) is 0.471. The first-order chi connectivity index (χ1) is 12.5. The van der Waals surface area contributed by atoms with Crippen LogP contribution in [0.2, 0.25) is 5.02 Å². The van der Waals surface area contributed by atoms with E-state index >= 15 is 0 Å². The van der Waals surface area contributed by atoms with Gasteiger partial charge < -0.3 is 14.7 Å². The number of anilines is 2. The van der Waals surface area contributed by atoms with Crippen LogP contribution >= 0.6 is 11.6 Å². The fourth-order valence-corrected chi connectivity index (χ4v) is 2.88. The molecule has 1 saturated heterocycles. The average molecular weight is 403 g/mol. The first-order valence-corrected chi connectivity index (χ1v) is 8.62. The summed E-state index contributed by atoms with van der Waals surface area (Å²) in [5.74, 6) is 0.693. The minimum Gasteiger partial charge on any atom is -0.359 e. The van der Waals surface area contributed by atoms with Crippen molar-refractivity contribution in [3.63, 3.8) is 0 Å². The Morgan fingerprint density at radius 3 is 2.52 bits per heavy atom. The maximum atomic E-state index is 12.7. The molecule has 0 radical (unpaired) electrons. The monoisotopic (exact) mass is 402 g/mol. The molecule has 0 saturated carbocycles. The summed E-state index contributed by atoms with van der Waals surface area (Å²) in [6.45, 7) is 6.31. The van der Waals surface area contributed by atoms with Gasteiger partial charge in [-0.3, -0.25) is 4.79 Å². The van der Waals surface area contributed by atoms with Crippen molar-refractivity contribution >= 4 is 29.1 Å². The molecule has 1 N–H and O–H groups in total. The van der Waals surface area contributed by atoms with Crippen molar-refractivity contribution in [3.8, 4) is 0 Å². The molecule has 1 atom stereocenters. The highest BCUT2D eigenvalue weighted by molar-refractivity contribution is 6.33. The lowest BCUT2D eigenvalue weighted by atomic mass is 9.93. The number of hydrogen-bond acceptors (Lipinski definition) is 5. The number of carbonyl (C=O) groups is 1. The molecule has 146 valence electrons. The van der Waals surface area contributed by atoms with Crippen LogP contribution in [0.5, 0.6) is 0 Å². The Morgan fingerprint density at radius 1 is 1.33 bits per heavy atom. The summed E-state index contributed by atoms with van der Waals surface area (Å²) >= 11 is 5.96. The standard InChI is InChI=1S/C17H18ClF3N4O2/c1-16(2,3)12-7-13(24-27-12)23-15(26)11-4-5-25(11)14-10(18)6-9(8-22-14)17(19,20)21/h6-8,11H,4-5H2,1-3H3,(H,23,24,26)/t11-/m0/s1. The maximum Gasteiger partial charge on any atom is 0.417 e. The molecule has 3 rings (SSSR count). The molecule has 6 nitrogen and oxygen atoms in total. The Labute approximate surface area is 158 Å². The summed E-state index contributed by atoms with van der Waals surface area (Å²) in [6, 6.07) is 1.86. The third-order valence-electron chi connectivity index (χ3n) is 4.24. The van der Waals surface area contributed by atoms with E-state index in [0.717, 1.165) is 6.07 Å². The van der Waals surface area contributed by atoms with Crippen molar-refractivity contribution < 1.29 is 22.5 Å². The Kier molecular flexibility index (Phi) is 4.83. The minimum atomic E-state index is -4.53. The first kappa shape index (κ1) is 19.5. The number of amides is 1. The van der Waals surface area contributed by atoms with Gasteiger partial charge in [-0.25, -0.2) is 4.98 Å². The number of nitrogens with zero attached hydrogens (tertiary/aromatic N) is 3. The summed E-state index contributed by atoms with van der Waals surface area (Å²) in [7, 11) is 0. The maximum absolute atomic E-state index is 12.7. The van der Waals surface area contributed by atoms with E-state index in [1.165, 1.54) is 0 Å². The zero-order chi connectivity index (χ0) is 20.0. The predicted octanol–water partition coefficient (Wildman–Crippen LogP) is 4.26. The van der Waals surface area contributed by atoms with E-state index in [1.807, 2.05) is 20.8 Å². The summed E-state index contributed by atoms with van der Waals surface area (Å²) < 4.78 is 43.4. The zero-order valence-corrected chi connectivity index (χ0v) is 15.6. The number of rotatable bonds is 3. The molecular weight excluding hydrogens is 385 g/mol. The van der Waals surface area contributed by atoms with Crippen molar-refractivity contribution in [2.24, 2.45) is 0 Å². The third kappa shape index (κ3) is 4.02. The van der Waals surface area contributed by atoms with Gasteiger partial charge in [-0.05, 0) is 12.5 Å². The minimum absolute atomic E-state index is 0.145. The van der Waals surface area contributed by atoms with Crippen LogP contribution in [0.25, 0.3) is 0 Å². The van der Waals surface area contributed by atoms with Crippen molar-refractivity contribution in [3.05, 3.63) is 34.7 Å². The second kappa shape index (κ2) is 6.70. The normalized spacial score (nSPS) is 17.6. The molecule has 10 heteroatoms. The summed E-state index contributed by atoms with van der Waals surface area (Å²) in [6.07, 6.45) is -3.30. The lowest BCUT2D eigenvalue weighted by Gasteiger charge is -2.40. The number of hydrogen-bond donors (Lipinski definition) is 1. The Morgan fingerprint density at radius 2 is 2.04 bits per heavy atom. The van der Waals surface area contributed by atoms with Crippen LogP contribution in [-0.4, -0.2) is 28.6 Å². The molecule has 0 bridgehead atoms. The van der Waals surface area contributed by atoms with Gasteiger partial charge in [0, 0.05) is 24.2 Å². The molecule has 1 fully saturated rings. The molecule has 2 aromatic rings. The topological polar surface area (TPSA) is 71.3 Å². The fourth-order valence-electron chi connectivity index (χ4n) is 2.61. The highest BCUT2D eigenvalue weighted by Crippen LogP contribution is 2.36. The zero-order valence-electron chi connectivity index (χ0n) is 14.9. The van der Waals surface area contributed by atoms with Crippen LogP contribution in [0, 0.1) is 0 Å². The van der Waals surface area contributed by atoms with E-state index < -0.39 is 17.8 Å². The third-order valence-corrected chi connectivity index (χ3v) is 4.52. The van der Waals surface area contributed by atoms with Crippen LogP contribution in [0.3, 0.4) is 0 Å². The molecule has 2 aromatic heterocycles. The van der Waals surface area contributed by atoms with Gasteiger partial charge in [0.25, 0.3) is 0 Å². The Bertz CT molecular complexity index is 861. The van der Waals surface area contributed by atoms with Gasteiger partial charge in [0.1, 0.15) is 17.6 Å². The number of halogens is 4. The van der Waals surface area contributed by atoms with Crippen molar-refractivity contribution in [1.82, 2.24) is 10.1 Å². The van der Waals surface area contributed by atoms with E-state index in [1.54, 1.807) is 11.0 Å². The highest BCUT2D eigenvalue weighted by Gasteiger charge is 2.38. The number of pyridine rings is 1. The van der Waals surface area contributed by atoms with Gasteiger partial charge in [0.15, 0.2) is 5.82 Å². The van der Waals surface area contributed by atoms with Crippen molar-refractivity contribution in [2.45, 2.75) is 44.8 Å². The van der Waals surface area contributed by atoms with Crippen LogP contribution in [-0.2, 0) is 16.4 Å². The average Bonchev–Trinajstić information content (AvgIpc) is 2.95. The van der Waals surface area contributed by atoms with Gasteiger partial charge in [-0.2, -0.15) is 13.2 Å². The Hall–Kier alpha value is -2.29. The SMILES string of the molecule is CC(C)(C)c1cc(NC(=O)[C@@H]2CCN2c2ncc(C(F)(F)F)cc2Cl)no1. The summed E-state index contributed by atoms with van der Waals surface area (Å²) in [5.41, 5.74) is -1.19. The number of carbonyl (C=O) groups excluding carboxylic acids is 1. The highest BCUT2D eigenvalue weighted by atomic mass is 35.5. The predicted molar refractivity (Wildman–Crippen MR) is 93.8 cm³/mol. The van der Waals surface area contributed by atoms with E-state index in [9.17, 15) is 18.0 Å². The molecule has 3 heterocycles. The lowest BCUT2D eigenvalue weighted by Crippen LogP contribution is -2.55. The van der Waals surface area contributed by atoms with Crippen LogP contribution in [0.4, 0.5) is 24.8 Å². The molecule has 0 aliphatic carbocycles. The van der Waals surface area contributed by atoms with Crippen LogP contribution in [0.15, 0.2) is 22.9 Å². The molecule has 0 spiro atoms. The summed E-state index contributed by atoms with van der Waals surface area (Å²) in [4.78, 5) is 17.9. The largest absolute Gasteiger partial charge is 0.417 e. The van der Waals surface area contributed by atoms with E-state index in [0.29, 0.717) is 24.9 Å². The number of aromatic nitrogens is 2. The van der Waals surface area contributed by atoms with Gasteiger partial charge in [-0.15, -0.1) is 0 Å². The van der Waals surface area contributed by atoms with Gasteiger partial charge >= 0.3 is 6.18 Å². The molecule has 27 heavy (non-hydrogen) atoms. The molecular formula is C17H18ClF3N4O2. The van der Waals surface area contributed by atoms with E-state index in [4.69, 9.17) is 16.1 Å². The van der Waals surface area contributed by atoms with Crippen LogP contribution in [0.1, 0.15) is 38.5 Å². The lowest BCUT2D eigenvalue weighted by molar-refractivity contribution is -0.137. The molecule has 1 aliphatic rings. The second-order valence-electron chi connectivity index (χ2n) is 7.34. The van der Waals surface area contributed by atoms with E-state index in [-0.39, 0.29) is 28.0 Å². The molecule has 0 unspecified atom stereocenters. The van der Waals surface area contributed by atoms with Gasteiger partial charge in [0.2, 0.25) is 5.91 Å². The molecule has 0 aromatic carbocycles. The first-order valence-electron chi connectivity index (χ1n) is 8.24. The van der Waals surface area contributed by atoms with Gasteiger partial charge in [0.05, 0.1) is 10.6 Å².